The van der Waals surface area contributed by atoms with E-state index < -0.39 is 11.7 Å². The Morgan fingerprint density at radius 3 is 2.41 bits per heavy atom. The first-order chi connectivity index (χ1) is 23.8. The van der Waals surface area contributed by atoms with Crippen LogP contribution in [0.4, 0.5) is 16.2 Å². The lowest BCUT2D eigenvalue weighted by Gasteiger charge is -2.28. The Morgan fingerprint density at radius 1 is 0.959 bits per heavy atom. The molecule has 0 bridgehead atoms. The number of hydrogen-bond donors (Lipinski definition) is 1. The lowest BCUT2D eigenvalue weighted by Crippen LogP contribution is -2.37. The van der Waals surface area contributed by atoms with Gasteiger partial charge in [-0.1, -0.05) is 35.0 Å². The van der Waals surface area contributed by atoms with Crippen molar-refractivity contribution in [1.29, 1.82) is 0 Å². The number of thioether (sulfide) groups is 1. The molecule has 1 fully saturated rings. The Balaban J connectivity index is 1.26. The summed E-state index contributed by atoms with van der Waals surface area (Å²) in [6, 6.07) is 11.0. The summed E-state index contributed by atoms with van der Waals surface area (Å²) < 4.78 is 42.4. The lowest BCUT2D eigenvalue weighted by atomic mass is 10.1. The molecule has 0 saturated carbocycles. The van der Waals surface area contributed by atoms with Crippen LogP contribution < -0.4 is 24.4 Å². The Bertz CT molecular complexity index is 1970. The number of benzene rings is 2. The molecule has 1 amide bonds. The molecular weight excluding hydrogens is 700 g/mol. The van der Waals surface area contributed by atoms with Gasteiger partial charge in [0.2, 0.25) is 17.6 Å². The molecule has 2 aromatic carbocycles. The van der Waals surface area contributed by atoms with Gasteiger partial charge in [-0.3, -0.25) is 10.1 Å². The number of halogens is 3. The van der Waals surface area contributed by atoms with E-state index in [0.717, 1.165) is 17.8 Å². The van der Waals surface area contributed by atoms with Crippen molar-refractivity contribution in [2.45, 2.75) is 5.22 Å². The number of ether oxygens (including phenoxy) is 4. The van der Waals surface area contributed by atoms with Crippen molar-refractivity contribution in [3.63, 3.8) is 0 Å². The Hall–Kier alpha value is -4.70. The second-order valence-electron chi connectivity index (χ2n) is 10.3. The normalized spacial score (nSPS) is 12.9. The fourth-order valence-corrected chi connectivity index (χ4v) is 6.04. The van der Waals surface area contributed by atoms with Gasteiger partial charge in [0.25, 0.3) is 11.1 Å². The van der Waals surface area contributed by atoms with Crippen molar-refractivity contribution in [3.8, 4) is 51.2 Å². The number of nitrogens with one attached hydrogen (secondary N) is 1. The van der Waals surface area contributed by atoms with Gasteiger partial charge in [-0.15, -0.1) is 10.2 Å². The van der Waals surface area contributed by atoms with Crippen molar-refractivity contribution in [1.82, 2.24) is 25.1 Å². The second kappa shape index (κ2) is 15.2. The Morgan fingerprint density at radius 2 is 1.69 bits per heavy atom. The van der Waals surface area contributed by atoms with Crippen LogP contribution in [0, 0.1) is 5.82 Å². The Kier molecular flexibility index (Phi) is 10.6. The maximum atomic E-state index is 14.6. The van der Waals surface area contributed by atoms with E-state index in [9.17, 15) is 9.18 Å². The highest BCUT2D eigenvalue weighted by Gasteiger charge is 2.22. The van der Waals surface area contributed by atoms with Gasteiger partial charge in [-0.05, 0) is 42.5 Å². The van der Waals surface area contributed by atoms with E-state index >= 15 is 0 Å². The third kappa shape index (κ3) is 7.64. The molecule has 1 aliphatic heterocycles. The number of pyridine rings is 1. The molecule has 0 atom stereocenters. The molecular formula is C32H28Cl2FN7O6S. The van der Waals surface area contributed by atoms with Crippen molar-refractivity contribution >= 4 is 52.6 Å². The Labute approximate surface area is 294 Å². The number of hydrogen-bond acceptors (Lipinski definition) is 13. The number of carbonyl (C=O) groups is 1. The molecule has 6 rings (SSSR count). The van der Waals surface area contributed by atoms with Crippen LogP contribution in [-0.4, -0.2) is 84.4 Å². The fourth-order valence-electron chi connectivity index (χ4n) is 4.99. The van der Waals surface area contributed by atoms with E-state index in [-0.39, 0.29) is 44.1 Å². The molecule has 3 aromatic heterocycles. The summed E-state index contributed by atoms with van der Waals surface area (Å²) in [4.78, 5) is 28.8. The first kappa shape index (κ1) is 34.2. The number of anilines is 2. The average Bonchev–Trinajstić information content (AvgIpc) is 3.61. The highest BCUT2D eigenvalue weighted by molar-refractivity contribution is 7.99. The standard InChI is InChI=1S/C32H28Cl2FN7O6S/c1-44-25-11-17(12-26(45-2)28(25)46-3)23-15-24(19-13-22(35)21(34)14-20(19)33)38-31(37-23)39-27(43)16-49-32-41-40-30(48-32)18-5-4-6-36-29(18)42-7-9-47-10-8-42/h4-6,11-15H,7-10,16H2,1-3H3,(H,37,38,39,43). The van der Waals surface area contributed by atoms with Crippen LogP contribution in [0.2, 0.25) is 10.0 Å². The van der Waals surface area contributed by atoms with Gasteiger partial charge in [-0.25, -0.2) is 19.3 Å². The molecule has 0 spiro atoms. The average molecular weight is 729 g/mol. The molecule has 1 aliphatic rings. The molecule has 4 heterocycles. The number of rotatable bonds is 11. The number of aromatic nitrogens is 5. The van der Waals surface area contributed by atoms with Gasteiger partial charge in [0, 0.05) is 30.4 Å². The lowest BCUT2D eigenvalue weighted by molar-refractivity contribution is -0.113. The maximum Gasteiger partial charge on any atom is 0.277 e. The molecule has 49 heavy (non-hydrogen) atoms. The molecule has 0 radical (unpaired) electrons. The van der Waals surface area contributed by atoms with E-state index in [1.54, 1.807) is 30.5 Å². The van der Waals surface area contributed by atoms with E-state index in [0.29, 0.717) is 66.2 Å². The van der Waals surface area contributed by atoms with Crippen LogP contribution in [0.1, 0.15) is 0 Å². The minimum atomic E-state index is -0.696. The summed E-state index contributed by atoms with van der Waals surface area (Å²) in [5.74, 6) is 0.749. The first-order valence-electron chi connectivity index (χ1n) is 14.7. The van der Waals surface area contributed by atoms with Crippen LogP contribution >= 0.6 is 35.0 Å². The highest BCUT2D eigenvalue weighted by atomic mass is 35.5. The smallest absolute Gasteiger partial charge is 0.277 e. The van der Waals surface area contributed by atoms with Crippen LogP contribution in [0.25, 0.3) is 34.0 Å². The molecule has 0 aliphatic carbocycles. The zero-order valence-corrected chi connectivity index (χ0v) is 28.7. The van der Waals surface area contributed by atoms with Crippen LogP contribution in [0.5, 0.6) is 17.2 Å². The van der Waals surface area contributed by atoms with Gasteiger partial charge in [0.1, 0.15) is 11.6 Å². The number of carbonyl (C=O) groups excluding carboxylic acids is 1. The van der Waals surface area contributed by atoms with Crippen LogP contribution in [0.15, 0.2) is 58.3 Å². The zero-order chi connectivity index (χ0) is 34.5. The van der Waals surface area contributed by atoms with Gasteiger partial charge in [0.05, 0.1) is 67.3 Å². The monoisotopic (exact) mass is 727 g/mol. The maximum absolute atomic E-state index is 14.6. The van der Waals surface area contributed by atoms with Crippen molar-refractivity contribution < 1.29 is 32.5 Å². The predicted octanol–water partition coefficient (Wildman–Crippen LogP) is 6.29. The quantitative estimate of drug-likeness (QED) is 0.120. The number of nitrogens with zero attached hydrogens (tertiary/aromatic N) is 6. The van der Waals surface area contributed by atoms with E-state index in [1.807, 2.05) is 6.07 Å². The van der Waals surface area contributed by atoms with Gasteiger partial charge in [-0.2, -0.15) is 0 Å². The number of morpholine rings is 1. The van der Waals surface area contributed by atoms with Crippen LogP contribution in [0.3, 0.4) is 0 Å². The largest absolute Gasteiger partial charge is 0.493 e. The third-order valence-electron chi connectivity index (χ3n) is 7.28. The summed E-state index contributed by atoms with van der Waals surface area (Å²) in [5, 5.41) is 11.2. The molecule has 17 heteroatoms. The van der Waals surface area contributed by atoms with Gasteiger partial charge >= 0.3 is 0 Å². The summed E-state index contributed by atoms with van der Waals surface area (Å²) >= 11 is 13.4. The predicted molar refractivity (Wildman–Crippen MR) is 182 cm³/mol. The fraction of sp³-hybridized carbons (Fsp3) is 0.250. The minimum absolute atomic E-state index is 0.0741. The SMILES string of the molecule is COc1cc(-c2cc(-c3cc(F)c(Cl)cc3Cl)nc(NC(=O)CSc3nnc(-c4cccnc4N4CCOCC4)o3)n2)cc(OC)c1OC. The summed E-state index contributed by atoms with van der Waals surface area (Å²) in [7, 11) is 4.46. The van der Waals surface area contributed by atoms with E-state index in [4.69, 9.17) is 46.6 Å². The third-order valence-corrected chi connectivity index (χ3v) is 8.71. The summed E-state index contributed by atoms with van der Waals surface area (Å²) in [6.07, 6.45) is 1.70. The number of methoxy groups -OCH3 is 3. The first-order valence-corrected chi connectivity index (χ1v) is 16.4. The molecule has 1 N–H and O–H groups in total. The topological polar surface area (TPSA) is 147 Å². The molecule has 13 nitrogen and oxygen atoms in total. The van der Waals surface area contributed by atoms with Crippen molar-refractivity contribution in [3.05, 3.63) is 64.5 Å². The molecule has 254 valence electrons. The zero-order valence-electron chi connectivity index (χ0n) is 26.3. The van der Waals surface area contributed by atoms with Crippen molar-refractivity contribution in [2.75, 3.05) is 63.6 Å². The van der Waals surface area contributed by atoms with E-state index in [2.05, 4.69) is 35.4 Å². The van der Waals surface area contributed by atoms with Gasteiger partial charge < -0.3 is 28.3 Å². The minimum Gasteiger partial charge on any atom is -0.493 e. The van der Waals surface area contributed by atoms with Gasteiger partial charge in [0.15, 0.2) is 11.5 Å². The van der Waals surface area contributed by atoms with Crippen LogP contribution in [-0.2, 0) is 9.53 Å². The highest BCUT2D eigenvalue weighted by Crippen LogP contribution is 2.42. The summed E-state index contributed by atoms with van der Waals surface area (Å²) in [5.41, 5.74) is 1.99. The van der Waals surface area contributed by atoms with E-state index in [1.165, 1.54) is 27.4 Å². The summed E-state index contributed by atoms with van der Waals surface area (Å²) in [6.45, 7) is 2.56. The molecule has 5 aromatic rings. The number of amides is 1. The van der Waals surface area contributed by atoms with Crippen molar-refractivity contribution in [2.24, 2.45) is 0 Å². The second-order valence-corrected chi connectivity index (χ2v) is 12.0. The molecule has 1 saturated heterocycles. The molecule has 0 unspecified atom stereocenters.